The van der Waals surface area contributed by atoms with Crippen LogP contribution in [0.3, 0.4) is 0 Å². The molecule has 2 heterocycles. The molecule has 0 unspecified atom stereocenters. The molecule has 0 bridgehead atoms. The van der Waals surface area contributed by atoms with Crippen molar-refractivity contribution in [3.05, 3.63) is 68.7 Å². The van der Waals surface area contributed by atoms with Crippen LogP contribution in [0.1, 0.15) is 35.5 Å². The molecule has 0 saturated heterocycles. The highest BCUT2D eigenvalue weighted by atomic mass is 35.5. The Morgan fingerprint density at radius 1 is 1.27 bits per heavy atom. The van der Waals surface area contributed by atoms with Gasteiger partial charge in [0.25, 0.3) is 5.91 Å². The van der Waals surface area contributed by atoms with E-state index in [0.29, 0.717) is 29.5 Å². The Morgan fingerprint density at radius 2 is 2.08 bits per heavy atom. The van der Waals surface area contributed by atoms with Gasteiger partial charge in [-0.15, -0.1) is 0 Å². The number of nitrogens with one attached hydrogen (secondary N) is 3. The number of halogens is 1. The number of para-hydroxylation sites is 1. The number of aromatic amines is 2. The number of amides is 1. The lowest BCUT2D eigenvalue weighted by Gasteiger charge is -2.08. The molecule has 3 aromatic rings. The van der Waals surface area contributed by atoms with Gasteiger partial charge in [-0.05, 0) is 36.5 Å². The molecule has 0 aliphatic carbocycles. The zero-order valence-corrected chi connectivity index (χ0v) is 15.6. The second-order valence-electron chi connectivity index (χ2n) is 6.84. The highest BCUT2D eigenvalue weighted by Gasteiger charge is 2.10. The molecule has 0 aliphatic heterocycles. The number of hydrogen-bond acceptors (Lipinski definition) is 2. The van der Waals surface area contributed by atoms with Crippen molar-refractivity contribution < 1.29 is 4.79 Å². The van der Waals surface area contributed by atoms with Gasteiger partial charge < -0.3 is 15.3 Å². The molecule has 0 fully saturated rings. The first-order chi connectivity index (χ1) is 12.4. The molecule has 0 radical (unpaired) electrons. The number of pyridine rings is 1. The van der Waals surface area contributed by atoms with Crippen LogP contribution in [0.2, 0.25) is 5.02 Å². The van der Waals surface area contributed by atoms with Crippen LogP contribution in [0.5, 0.6) is 0 Å². The van der Waals surface area contributed by atoms with Crippen molar-refractivity contribution in [1.29, 1.82) is 0 Å². The summed E-state index contributed by atoms with van der Waals surface area (Å²) >= 11 is 6.17. The lowest BCUT2D eigenvalue weighted by Crippen LogP contribution is -2.27. The van der Waals surface area contributed by atoms with Gasteiger partial charge in [-0.25, -0.2) is 0 Å². The molecule has 5 nitrogen and oxygen atoms in total. The van der Waals surface area contributed by atoms with E-state index in [1.165, 1.54) is 6.07 Å². The summed E-state index contributed by atoms with van der Waals surface area (Å²) in [5.74, 6) is 0.164. The van der Waals surface area contributed by atoms with E-state index in [1.807, 2.05) is 24.4 Å². The van der Waals surface area contributed by atoms with Gasteiger partial charge in [-0.1, -0.05) is 37.6 Å². The van der Waals surface area contributed by atoms with Crippen molar-refractivity contribution in [1.82, 2.24) is 15.3 Å². The number of aromatic nitrogens is 2. The van der Waals surface area contributed by atoms with Gasteiger partial charge in [0, 0.05) is 35.5 Å². The van der Waals surface area contributed by atoms with Gasteiger partial charge in [0.1, 0.15) is 0 Å². The van der Waals surface area contributed by atoms with Gasteiger partial charge in [0.05, 0.1) is 10.5 Å². The Labute approximate surface area is 156 Å². The maximum absolute atomic E-state index is 12.4. The Morgan fingerprint density at radius 3 is 2.85 bits per heavy atom. The maximum Gasteiger partial charge on any atom is 0.251 e. The minimum Gasteiger partial charge on any atom is -0.360 e. The Hall–Kier alpha value is -2.53. The third kappa shape index (κ3) is 4.17. The quantitative estimate of drug-likeness (QED) is 0.618. The van der Waals surface area contributed by atoms with Crippen molar-refractivity contribution in [2.24, 2.45) is 5.92 Å². The van der Waals surface area contributed by atoms with E-state index in [1.54, 1.807) is 6.07 Å². The van der Waals surface area contributed by atoms with Crippen LogP contribution < -0.4 is 10.9 Å². The lowest BCUT2D eigenvalue weighted by atomic mass is 10.1. The molecular formula is C20H22ClN3O2. The topological polar surface area (TPSA) is 77.8 Å². The van der Waals surface area contributed by atoms with E-state index in [4.69, 9.17) is 11.6 Å². The largest absolute Gasteiger partial charge is 0.360 e. The van der Waals surface area contributed by atoms with Gasteiger partial charge in [0.15, 0.2) is 0 Å². The third-order valence-electron chi connectivity index (χ3n) is 4.22. The van der Waals surface area contributed by atoms with E-state index >= 15 is 0 Å². The van der Waals surface area contributed by atoms with Crippen LogP contribution in [0.15, 0.2) is 41.3 Å². The van der Waals surface area contributed by atoms with Crippen molar-refractivity contribution in [2.45, 2.75) is 26.7 Å². The van der Waals surface area contributed by atoms with E-state index < -0.39 is 0 Å². The normalized spacial score (nSPS) is 11.2. The van der Waals surface area contributed by atoms with Crippen molar-refractivity contribution in [3.63, 3.8) is 0 Å². The molecule has 3 N–H and O–H groups in total. The van der Waals surface area contributed by atoms with E-state index in [9.17, 15) is 9.59 Å². The summed E-state index contributed by atoms with van der Waals surface area (Å²) in [6, 6.07) is 8.84. The number of benzene rings is 1. The molecule has 0 saturated carbocycles. The fourth-order valence-corrected chi connectivity index (χ4v) is 3.31. The van der Waals surface area contributed by atoms with Crippen LogP contribution in [-0.4, -0.2) is 22.4 Å². The monoisotopic (exact) mass is 371 g/mol. The Kier molecular flexibility index (Phi) is 5.47. The van der Waals surface area contributed by atoms with E-state index in [-0.39, 0.29) is 11.5 Å². The number of fused-ring (bicyclic) bond motifs is 1. The molecule has 0 aliphatic rings. The van der Waals surface area contributed by atoms with Crippen LogP contribution in [0, 0.1) is 5.92 Å². The smallest absolute Gasteiger partial charge is 0.251 e. The van der Waals surface area contributed by atoms with Gasteiger partial charge >= 0.3 is 0 Å². The zero-order chi connectivity index (χ0) is 18.7. The summed E-state index contributed by atoms with van der Waals surface area (Å²) < 4.78 is 0. The summed E-state index contributed by atoms with van der Waals surface area (Å²) in [7, 11) is 0. The maximum atomic E-state index is 12.4. The summed E-state index contributed by atoms with van der Waals surface area (Å²) in [6.45, 7) is 4.61. The summed E-state index contributed by atoms with van der Waals surface area (Å²) in [4.78, 5) is 30.1. The molecule has 1 amide bonds. The average Bonchev–Trinajstić information content (AvgIpc) is 2.98. The van der Waals surface area contributed by atoms with Crippen LogP contribution in [0.25, 0.3) is 10.9 Å². The van der Waals surface area contributed by atoms with Crippen molar-refractivity contribution in [3.8, 4) is 0 Å². The van der Waals surface area contributed by atoms with Crippen LogP contribution in [0.4, 0.5) is 0 Å². The standard InChI is InChI=1S/C20H22ClN3O2/c1-12(2)8-15-9-14(10-18(25)24-15)20(26)22-7-6-13-11-23-19-16(13)4-3-5-17(19)21/h3-5,9-12,23H,6-8H2,1-2H3,(H,22,26)(H,24,25). The predicted molar refractivity (Wildman–Crippen MR) is 105 cm³/mol. The molecule has 136 valence electrons. The van der Waals surface area contributed by atoms with E-state index in [2.05, 4.69) is 29.1 Å². The predicted octanol–water partition coefficient (Wildman–Crippen LogP) is 3.68. The second-order valence-corrected chi connectivity index (χ2v) is 7.25. The molecule has 0 spiro atoms. The molecule has 26 heavy (non-hydrogen) atoms. The van der Waals surface area contributed by atoms with Crippen molar-refractivity contribution >= 4 is 28.4 Å². The molecular weight excluding hydrogens is 350 g/mol. The summed E-state index contributed by atoms with van der Waals surface area (Å²) in [6.07, 6.45) is 3.32. The highest BCUT2D eigenvalue weighted by molar-refractivity contribution is 6.35. The van der Waals surface area contributed by atoms with Crippen molar-refractivity contribution in [2.75, 3.05) is 6.54 Å². The molecule has 6 heteroatoms. The van der Waals surface area contributed by atoms with E-state index in [0.717, 1.165) is 28.6 Å². The second kappa shape index (κ2) is 7.79. The SMILES string of the molecule is CC(C)Cc1cc(C(=O)NCCc2c[nH]c3c(Cl)cccc23)cc(=O)[nH]1. The van der Waals surface area contributed by atoms with Crippen LogP contribution in [-0.2, 0) is 12.8 Å². The number of hydrogen-bond donors (Lipinski definition) is 3. The number of H-pyrrole nitrogens is 2. The molecule has 0 atom stereocenters. The summed E-state index contributed by atoms with van der Waals surface area (Å²) in [5.41, 5.74) is 2.92. The molecule has 2 aromatic heterocycles. The number of carbonyl (C=O) groups is 1. The fourth-order valence-electron chi connectivity index (χ4n) is 3.08. The fraction of sp³-hybridized carbons (Fsp3) is 0.300. The number of rotatable bonds is 6. The van der Waals surface area contributed by atoms with Gasteiger partial charge in [-0.3, -0.25) is 9.59 Å². The summed E-state index contributed by atoms with van der Waals surface area (Å²) in [5, 5.41) is 4.62. The Balaban J connectivity index is 1.66. The molecule has 1 aromatic carbocycles. The minimum atomic E-state index is -0.250. The Bertz CT molecular complexity index is 988. The van der Waals surface area contributed by atoms with Gasteiger partial charge in [-0.2, -0.15) is 0 Å². The first kappa shape index (κ1) is 18.3. The first-order valence-corrected chi connectivity index (χ1v) is 9.07. The highest BCUT2D eigenvalue weighted by Crippen LogP contribution is 2.25. The lowest BCUT2D eigenvalue weighted by molar-refractivity contribution is 0.0953. The van der Waals surface area contributed by atoms with Gasteiger partial charge in [0.2, 0.25) is 5.56 Å². The zero-order valence-electron chi connectivity index (χ0n) is 14.9. The first-order valence-electron chi connectivity index (χ1n) is 8.70. The minimum absolute atomic E-state index is 0.237. The van der Waals surface area contributed by atoms with Crippen LogP contribution >= 0.6 is 11.6 Å². The number of carbonyl (C=O) groups excluding carboxylic acids is 1. The average molecular weight is 372 g/mol. The third-order valence-corrected chi connectivity index (χ3v) is 4.54. The molecule has 3 rings (SSSR count).